The van der Waals surface area contributed by atoms with Crippen molar-refractivity contribution in [2.45, 2.75) is 12.3 Å². The Hall–Kier alpha value is -2.29. The van der Waals surface area contributed by atoms with Crippen molar-refractivity contribution in [2.75, 3.05) is 7.11 Å². The summed E-state index contributed by atoms with van der Waals surface area (Å²) in [6.07, 6.45) is 0.504. The maximum absolute atomic E-state index is 11.4. The van der Waals surface area contributed by atoms with E-state index in [-0.39, 0.29) is 11.9 Å². The summed E-state index contributed by atoms with van der Waals surface area (Å²) in [5, 5.41) is 12.2. The van der Waals surface area contributed by atoms with Crippen molar-refractivity contribution >= 4 is 16.7 Å². The lowest BCUT2D eigenvalue weighted by atomic mass is 10.1. The molecule has 0 aliphatic heterocycles. The van der Waals surface area contributed by atoms with E-state index in [2.05, 4.69) is 11.3 Å². The lowest BCUT2D eigenvalue weighted by molar-refractivity contribution is -0.136. The first-order valence-electron chi connectivity index (χ1n) is 6.14. The van der Waals surface area contributed by atoms with Crippen LogP contribution in [0.25, 0.3) is 10.8 Å². The molecule has 3 rings (SSSR count). The molecule has 0 bridgehead atoms. The van der Waals surface area contributed by atoms with E-state index in [0.717, 1.165) is 21.9 Å². The van der Waals surface area contributed by atoms with Crippen molar-refractivity contribution in [2.24, 2.45) is 0 Å². The summed E-state index contributed by atoms with van der Waals surface area (Å²) in [6.45, 7) is 3.74. The van der Waals surface area contributed by atoms with Crippen LogP contribution in [0.1, 0.15) is 23.5 Å². The zero-order chi connectivity index (χ0) is 13.6. The maximum atomic E-state index is 11.4. The minimum absolute atomic E-state index is 0.0894. The largest absolute Gasteiger partial charge is 0.508 e. The number of methoxy groups -OCH3 is 1. The van der Waals surface area contributed by atoms with E-state index in [0.29, 0.717) is 17.7 Å². The van der Waals surface area contributed by atoms with Crippen molar-refractivity contribution in [3.05, 3.63) is 53.6 Å². The zero-order valence-electron chi connectivity index (χ0n) is 10.6. The molecule has 0 aromatic heterocycles. The SMILES string of the molecule is C=C(CC1c2c(O)cc3ccccc3c21)C(=O)OC. The Morgan fingerprint density at radius 3 is 2.84 bits per heavy atom. The summed E-state index contributed by atoms with van der Waals surface area (Å²) in [6, 6.07) is 9.70. The van der Waals surface area contributed by atoms with Crippen LogP contribution >= 0.6 is 0 Å². The van der Waals surface area contributed by atoms with Gasteiger partial charge in [-0.15, -0.1) is 0 Å². The molecule has 0 saturated heterocycles. The predicted molar refractivity (Wildman–Crippen MR) is 73.2 cm³/mol. The van der Waals surface area contributed by atoms with E-state index in [1.54, 1.807) is 6.07 Å². The highest BCUT2D eigenvalue weighted by Gasteiger charge is 2.39. The Morgan fingerprint density at radius 2 is 2.11 bits per heavy atom. The van der Waals surface area contributed by atoms with Crippen LogP contribution in [0.3, 0.4) is 0 Å². The molecule has 0 radical (unpaired) electrons. The number of fused-ring (bicyclic) bond motifs is 3. The van der Waals surface area contributed by atoms with Crippen molar-refractivity contribution in [3.63, 3.8) is 0 Å². The van der Waals surface area contributed by atoms with Crippen LogP contribution < -0.4 is 0 Å². The highest BCUT2D eigenvalue weighted by molar-refractivity contribution is 5.95. The molecular weight excluding hydrogens is 240 g/mol. The van der Waals surface area contributed by atoms with Gasteiger partial charge in [0.15, 0.2) is 0 Å². The molecule has 0 fully saturated rings. The van der Waals surface area contributed by atoms with Gasteiger partial charge in [0, 0.05) is 17.1 Å². The number of carbonyl (C=O) groups excluding carboxylic acids is 1. The average Bonchev–Trinajstić information content (AvgIpc) is 3.13. The first-order chi connectivity index (χ1) is 9.13. The smallest absolute Gasteiger partial charge is 0.333 e. The maximum Gasteiger partial charge on any atom is 0.333 e. The van der Waals surface area contributed by atoms with Gasteiger partial charge in [-0.1, -0.05) is 30.8 Å². The standard InChI is InChI=1S/C16H14O3/c1-9(16(18)19-2)7-12-14-11-6-4-3-5-10(11)8-13(17)15(12)14/h3-6,8,12,17H,1,7H2,2H3. The quantitative estimate of drug-likeness (QED) is 0.676. The van der Waals surface area contributed by atoms with Gasteiger partial charge in [0.05, 0.1) is 7.11 Å². The Kier molecular flexibility index (Phi) is 2.56. The fraction of sp³-hybridized carbons (Fsp3) is 0.188. The Bertz CT molecular complexity index is 700. The van der Waals surface area contributed by atoms with Gasteiger partial charge in [0.1, 0.15) is 5.75 Å². The highest BCUT2D eigenvalue weighted by atomic mass is 16.5. The molecule has 1 aliphatic rings. The molecule has 3 heteroatoms. The van der Waals surface area contributed by atoms with Gasteiger partial charge in [-0.05, 0) is 28.8 Å². The van der Waals surface area contributed by atoms with E-state index >= 15 is 0 Å². The molecule has 96 valence electrons. The van der Waals surface area contributed by atoms with E-state index in [1.165, 1.54) is 7.11 Å². The van der Waals surface area contributed by atoms with Crippen LogP contribution in [-0.2, 0) is 9.53 Å². The zero-order valence-corrected chi connectivity index (χ0v) is 10.6. The number of phenols is 1. The predicted octanol–water partition coefficient (Wildman–Crippen LogP) is 3.11. The molecule has 0 saturated carbocycles. The summed E-state index contributed by atoms with van der Waals surface area (Å²) in [7, 11) is 1.35. The number of rotatable bonds is 3. The number of esters is 1. The third-order valence-electron chi connectivity index (χ3n) is 3.65. The Morgan fingerprint density at radius 1 is 1.37 bits per heavy atom. The first kappa shape index (κ1) is 11.8. The summed E-state index contributed by atoms with van der Waals surface area (Å²) in [4.78, 5) is 11.4. The third kappa shape index (κ3) is 1.78. The van der Waals surface area contributed by atoms with Crippen LogP contribution in [0.5, 0.6) is 5.75 Å². The lowest BCUT2D eigenvalue weighted by Gasteiger charge is -2.01. The Labute approximate surface area is 111 Å². The minimum Gasteiger partial charge on any atom is -0.508 e. The van der Waals surface area contributed by atoms with Gasteiger partial charge in [0.25, 0.3) is 0 Å². The van der Waals surface area contributed by atoms with Crippen molar-refractivity contribution < 1.29 is 14.6 Å². The second-order valence-corrected chi connectivity index (χ2v) is 4.80. The van der Waals surface area contributed by atoms with Gasteiger partial charge in [-0.3, -0.25) is 0 Å². The van der Waals surface area contributed by atoms with E-state index < -0.39 is 0 Å². The van der Waals surface area contributed by atoms with Gasteiger partial charge in [-0.2, -0.15) is 0 Å². The molecule has 1 aliphatic carbocycles. The van der Waals surface area contributed by atoms with E-state index in [4.69, 9.17) is 0 Å². The summed E-state index contributed by atoms with van der Waals surface area (Å²) in [5.74, 6) is 0.00414. The number of carbonyl (C=O) groups is 1. The molecule has 19 heavy (non-hydrogen) atoms. The fourth-order valence-corrected chi connectivity index (χ4v) is 2.69. The van der Waals surface area contributed by atoms with Gasteiger partial charge in [-0.25, -0.2) is 4.79 Å². The molecule has 2 aromatic carbocycles. The number of phenolic OH excluding ortho intramolecular Hbond substituents is 1. The molecule has 1 N–H and O–H groups in total. The molecule has 3 nitrogen and oxygen atoms in total. The van der Waals surface area contributed by atoms with Crippen LogP contribution in [0.15, 0.2) is 42.5 Å². The number of benzene rings is 2. The summed E-state index contributed by atoms with van der Waals surface area (Å²) >= 11 is 0. The van der Waals surface area contributed by atoms with Crippen LogP contribution in [-0.4, -0.2) is 18.2 Å². The molecular formula is C16H14O3. The van der Waals surface area contributed by atoms with Crippen molar-refractivity contribution in [3.8, 4) is 5.75 Å². The molecule has 2 aromatic rings. The van der Waals surface area contributed by atoms with Crippen LogP contribution in [0, 0.1) is 0 Å². The first-order valence-corrected chi connectivity index (χ1v) is 6.14. The number of hydrogen-bond donors (Lipinski definition) is 1. The van der Waals surface area contributed by atoms with Crippen LogP contribution in [0.2, 0.25) is 0 Å². The summed E-state index contributed by atoms with van der Waals surface area (Å²) in [5.41, 5.74) is 2.50. The van der Waals surface area contributed by atoms with Crippen LogP contribution in [0.4, 0.5) is 0 Å². The topological polar surface area (TPSA) is 46.5 Å². The van der Waals surface area contributed by atoms with Gasteiger partial charge in [0.2, 0.25) is 0 Å². The average molecular weight is 254 g/mol. The number of aromatic hydroxyl groups is 1. The monoisotopic (exact) mass is 254 g/mol. The second kappa shape index (κ2) is 4.12. The normalized spacial score (nSPS) is 15.9. The fourth-order valence-electron chi connectivity index (χ4n) is 2.69. The van der Waals surface area contributed by atoms with Gasteiger partial charge >= 0.3 is 5.97 Å². The van der Waals surface area contributed by atoms with E-state index in [1.807, 2.05) is 24.3 Å². The van der Waals surface area contributed by atoms with Crippen molar-refractivity contribution in [1.82, 2.24) is 0 Å². The second-order valence-electron chi connectivity index (χ2n) is 4.80. The number of hydrogen-bond acceptors (Lipinski definition) is 3. The molecule has 0 heterocycles. The minimum atomic E-state index is -0.387. The summed E-state index contributed by atoms with van der Waals surface area (Å²) < 4.78 is 4.66. The number of ether oxygens (including phenoxy) is 1. The molecule has 1 atom stereocenters. The van der Waals surface area contributed by atoms with Gasteiger partial charge < -0.3 is 9.84 Å². The van der Waals surface area contributed by atoms with E-state index in [9.17, 15) is 9.90 Å². The van der Waals surface area contributed by atoms with Crippen molar-refractivity contribution in [1.29, 1.82) is 0 Å². The third-order valence-corrected chi connectivity index (χ3v) is 3.65. The Balaban J connectivity index is 1.95. The molecule has 1 unspecified atom stereocenters. The molecule has 0 amide bonds. The lowest BCUT2D eigenvalue weighted by Crippen LogP contribution is -2.03. The molecule has 0 spiro atoms. The highest BCUT2D eigenvalue weighted by Crippen LogP contribution is 2.55.